The van der Waals surface area contributed by atoms with Crippen molar-refractivity contribution in [3.8, 4) is 56.6 Å². The number of benzene rings is 4. The van der Waals surface area contributed by atoms with Crippen molar-refractivity contribution in [2.75, 3.05) is 72.0 Å². The van der Waals surface area contributed by atoms with Crippen molar-refractivity contribution in [1.29, 1.82) is 0 Å². The number of pyridine rings is 5. The second-order valence-corrected chi connectivity index (χ2v) is 36.4. The summed E-state index contributed by atoms with van der Waals surface area (Å²) in [7, 11) is 5.59. The van der Waals surface area contributed by atoms with Crippen LogP contribution in [-0.4, -0.2) is 196 Å². The SMILES string of the molecule is C=CC(=O)N1CCN(c2nc(=O)n(-c3c(C)nc4c(ncn4C)c3C(C)C)c3nc(-c4c(O)cccc4F)c(F)cc23)[C@@H](C)C1.C=CC(=O)N1C[C@H](C)N(c2nc(=O)n(-c3c(C)cc4c(ncn4C)c3C(C)C)c3nc(-c4c(N)cccc4F)c(Cl)cc23)C[C@H]1C.C=CC(=O)N1C[C@H](C)N(c2nc(=O)n(-c3c(C)nc4c(ncn4C)c3C(C)C)c3nc(-c4c(N)cccc4F)c(F)cc23)C[C@H]1C. The molecule has 4 aromatic carbocycles. The molecule has 0 unspecified atom stereocenters. The molecule has 11 aromatic heterocycles. The minimum Gasteiger partial charge on any atom is -0.507 e. The molecule has 14 heterocycles. The highest BCUT2D eigenvalue weighted by molar-refractivity contribution is 6.34. The van der Waals surface area contributed by atoms with Gasteiger partial charge in [-0.3, -0.25) is 14.4 Å². The molecule has 18 rings (SSSR count). The van der Waals surface area contributed by atoms with Gasteiger partial charge >= 0.3 is 17.1 Å². The van der Waals surface area contributed by atoms with Crippen LogP contribution < -0.4 is 43.2 Å². The Balaban J connectivity index is 0.000000149. The van der Waals surface area contributed by atoms with Crippen molar-refractivity contribution in [2.24, 2.45) is 21.1 Å². The first-order valence-electron chi connectivity index (χ1n) is 44.7. The van der Waals surface area contributed by atoms with E-state index in [9.17, 15) is 33.9 Å². The molecule has 0 saturated carbocycles. The minimum absolute atomic E-state index is 0.00271. The quantitative estimate of drug-likeness (QED) is 0.0487. The Morgan fingerprint density at radius 1 is 0.438 bits per heavy atom. The van der Waals surface area contributed by atoms with Gasteiger partial charge in [-0.05, 0) is 158 Å². The average molecular weight is 1890 g/mol. The lowest BCUT2D eigenvalue weighted by molar-refractivity contribution is -0.129. The van der Waals surface area contributed by atoms with E-state index in [0.717, 1.165) is 39.9 Å². The number of rotatable bonds is 15. The third-order valence-electron chi connectivity index (χ3n) is 25.7. The van der Waals surface area contributed by atoms with Gasteiger partial charge in [-0.15, -0.1) is 0 Å². The molecule has 32 nitrogen and oxygen atoms in total. The molecular formula is C99H103ClF5N25O7. The monoisotopic (exact) mass is 1880 g/mol. The minimum atomic E-state index is -0.914. The number of phenols is 1. The van der Waals surface area contributed by atoms with E-state index in [2.05, 4.69) is 59.6 Å². The summed E-state index contributed by atoms with van der Waals surface area (Å²) in [6.07, 6.45) is 8.86. The van der Waals surface area contributed by atoms with Crippen molar-refractivity contribution >= 4 is 125 Å². The zero-order valence-corrected chi connectivity index (χ0v) is 79.5. The maximum absolute atomic E-state index is 16.1. The Hall–Kier alpha value is -15.2. The predicted molar refractivity (Wildman–Crippen MR) is 522 cm³/mol. The van der Waals surface area contributed by atoms with E-state index in [-0.39, 0.29) is 144 Å². The number of anilines is 5. The van der Waals surface area contributed by atoms with Gasteiger partial charge in [0.15, 0.2) is 39.9 Å². The van der Waals surface area contributed by atoms with Crippen LogP contribution in [-0.2, 0) is 35.5 Å². The summed E-state index contributed by atoms with van der Waals surface area (Å²) in [4.78, 5) is 142. The molecule has 0 aliphatic carbocycles. The van der Waals surface area contributed by atoms with Crippen LogP contribution in [0.25, 0.3) is 117 Å². The van der Waals surface area contributed by atoms with Crippen molar-refractivity contribution in [3.05, 3.63) is 235 Å². The lowest BCUT2D eigenvalue weighted by Gasteiger charge is -2.44. The van der Waals surface area contributed by atoms with E-state index < -0.39 is 63.2 Å². The number of aromatic hydroxyl groups is 1. The number of imidazole rings is 3. The lowest BCUT2D eigenvalue weighted by Crippen LogP contribution is -2.58. The Morgan fingerprint density at radius 2 is 0.818 bits per heavy atom. The second kappa shape index (κ2) is 36.9. The highest BCUT2D eigenvalue weighted by atomic mass is 35.5. The molecule has 0 radical (unpaired) electrons. The maximum Gasteiger partial charge on any atom is 0.355 e. The van der Waals surface area contributed by atoms with Gasteiger partial charge in [-0.2, -0.15) is 15.0 Å². The number of halogens is 6. The number of aryl methyl sites for hydroxylation is 6. The van der Waals surface area contributed by atoms with Gasteiger partial charge in [0, 0.05) is 125 Å². The smallest absolute Gasteiger partial charge is 0.355 e. The third kappa shape index (κ3) is 16.6. The van der Waals surface area contributed by atoms with Crippen LogP contribution in [0, 0.1) is 49.9 Å². The van der Waals surface area contributed by atoms with E-state index in [4.69, 9.17) is 38.0 Å². The van der Waals surface area contributed by atoms with Crippen LogP contribution in [0.15, 0.2) is 150 Å². The van der Waals surface area contributed by atoms with Crippen LogP contribution >= 0.6 is 11.6 Å². The van der Waals surface area contributed by atoms with Gasteiger partial charge in [0.1, 0.15) is 63.1 Å². The van der Waals surface area contributed by atoms with E-state index >= 15 is 22.0 Å². The molecule has 0 spiro atoms. The number of phenolic OH excluding ortho intramolecular Hbond substituents is 1. The zero-order valence-electron chi connectivity index (χ0n) is 78.8. The number of carbonyl (C=O) groups is 3. The van der Waals surface area contributed by atoms with Gasteiger partial charge < -0.3 is 59.7 Å². The molecular weight excluding hydrogens is 1780 g/mol. The fraction of sp³-hybridized carbons (Fsp3) is 0.323. The number of aromatic nitrogens is 17. The summed E-state index contributed by atoms with van der Waals surface area (Å²) in [6, 6.07) is 16.9. The number of carbonyl (C=O) groups excluding carboxylic acids is 3. The third-order valence-corrected chi connectivity index (χ3v) is 26.0. The standard InChI is InChI=1S/C34H36ClFN8O2.C33H35F2N9O2.C32H32F2N8O3/c1-8-26(45)42-14-20(6)43(15-19(42)5)32-21-13-22(35)29(28-23(36)10-9-11-24(28)37)39-33(21)44(34(46)40-32)31-18(4)12-25-30(27(31)17(2)3)38-16-41(25)7;1-8-24(45)42-13-18(5)43(14-17(42)4)30-20-12-22(35)27(26-21(34)10-9-11-23(26)36)39-31(20)44(33(46)40-30)29-19(6)38-32-28(25(29)16(2)3)37-15-41(32)7;1-7-23(44)40-11-12-41(17(4)14-40)29-19-13-21(34)26(25-20(33)9-8-10-22(25)43)37-30(19)42(32(45)38-29)28-18(5)36-31-27(24(28)16(2)3)35-15-39(31)6/h8-13,16-17,19-20H,1,14-15,37H2,2-7H3;8-12,15-18H,1,13-14,36H2,2-7H3;7-10,13,15-17,43H,1,11-12,14H2,2-6H3/t19-,20+;17-,18+;17-/m110/s1. The number of hydrogen-bond donors (Lipinski definition) is 3. The van der Waals surface area contributed by atoms with E-state index in [0.29, 0.717) is 113 Å². The van der Waals surface area contributed by atoms with Gasteiger partial charge in [-0.25, -0.2) is 89.9 Å². The summed E-state index contributed by atoms with van der Waals surface area (Å²) < 4.78 is 87.3. The molecule has 5 atom stereocenters. The normalized spacial score (nSPS) is 16.5. The first-order valence-corrected chi connectivity index (χ1v) is 45.1. The summed E-state index contributed by atoms with van der Waals surface area (Å²) in [5.41, 5.74) is 19.3. The Kier molecular flexibility index (Phi) is 25.6. The number of nitrogens with zero attached hydrogens (tertiary/aromatic N) is 23. The van der Waals surface area contributed by atoms with E-state index in [1.807, 2.05) is 130 Å². The van der Waals surface area contributed by atoms with Crippen molar-refractivity contribution < 1.29 is 41.4 Å². The van der Waals surface area contributed by atoms with Crippen molar-refractivity contribution in [3.63, 3.8) is 0 Å². The maximum atomic E-state index is 16.1. The molecule has 3 aliphatic heterocycles. The van der Waals surface area contributed by atoms with Crippen molar-refractivity contribution in [2.45, 2.75) is 145 Å². The van der Waals surface area contributed by atoms with Crippen LogP contribution in [0.2, 0.25) is 5.02 Å². The van der Waals surface area contributed by atoms with Gasteiger partial charge in [0.05, 0.1) is 102 Å². The topological polar surface area (TPSA) is 365 Å². The van der Waals surface area contributed by atoms with Gasteiger partial charge in [0.2, 0.25) is 17.7 Å². The zero-order chi connectivity index (χ0) is 98.7. The Morgan fingerprint density at radius 3 is 1.25 bits per heavy atom. The molecule has 137 heavy (non-hydrogen) atoms. The summed E-state index contributed by atoms with van der Waals surface area (Å²) in [5.74, 6) is -4.57. The predicted octanol–water partition coefficient (Wildman–Crippen LogP) is 14.8. The van der Waals surface area contributed by atoms with Crippen molar-refractivity contribution in [1.82, 2.24) is 96.9 Å². The van der Waals surface area contributed by atoms with Crippen LogP contribution in [0.1, 0.15) is 128 Å². The molecule has 3 aliphatic rings. The number of hydrogen-bond acceptors (Lipinski definition) is 23. The summed E-state index contributed by atoms with van der Waals surface area (Å²) in [6.45, 7) is 40.2. The second-order valence-electron chi connectivity index (χ2n) is 36.0. The molecule has 15 aromatic rings. The molecule has 38 heteroatoms. The number of piperazine rings is 3. The van der Waals surface area contributed by atoms with Gasteiger partial charge in [0.25, 0.3) is 0 Å². The molecule has 708 valence electrons. The molecule has 3 amide bonds. The molecule has 3 saturated heterocycles. The van der Waals surface area contributed by atoms with Crippen LogP contribution in [0.3, 0.4) is 0 Å². The molecule has 3 fully saturated rings. The Bertz CT molecular complexity index is 7390. The van der Waals surface area contributed by atoms with Crippen LogP contribution in [0.4, 0.5) is 50.8 Å². The largest absolute Gasteiger partial charge is 0.507 e. The summed E-state index contributed by atoms with van der Waals surface area (Å²) in [5, 5.41) is 11.6. The highest BCUT2D eigenvalue weighted by Crippen LogP contribution is 2.45. The first kappa shape index (κ1) is 95.0. The fourth-order valence-electron chi connectivity index (χ4n) is 19.2. The molecule has 0 bridgehead atoms. The first-order chi connectivity index (χ1) is 65.1. The molecule has 5 N–H and O–H groups in total. The van der Waals surface area contributed by atoms with Gasteiger partial charge in [-0.1, -0.05) is 91.1 Å². The number of fused-ring (bicyclic) bond motifs is 6. The fourth-order valence-corrected chi connectivity index (χ4v) is 19.4. The highest BCUT2D eigenvalue weighted by Gasteiger charge is 2.40. The number of nitrogen functional groups attached to an aromatic ring is 2. The number of nitrogens with two attached hydrogens (primary N) is 2. The van der Waals surface area contributed by atoms with E-state index in [1.54, 1.807) is 68.8 Å². The lowest BCUT2D eigenvalue weighted by atomic mass is 9.95. The van der Waals surface area contributed by atoms with Crippen LogP contribution in [0.5, 0.6) is 5.75 Å². The Labute approximate surface area is 788 Å². The average Bonchev–Trinajstić information content (AvgIpc) is 1.69. The summed E-state index contributed by atoms with van der Waals surface area (Å²) >= 11 is 6.88. The number of amides is 3. The van der Waals surface area contributed by atoms with E-state index in [1.165, 1.54) is 80.5 Å².